The van der Waals surface area contributed by atoms with Crippen LogP contribution in [0.3, 0.4) is 0 Å². The molecule has 2 bridgehead atoms. The summed E-state index contributed by atoms with van der Waals surface area (Å²) in [5, 5.41) is 0. The van der Waals surface area contributed by atoms with Gasteiger partial charge in [-0.3, -0.25) is 4.79 Å². The molecule has 1 amide bonds. The lowest BCUT2D eigenvalue weighted by Gasteiger charge is -2.38. The van der Waals surface area contributed by atoms with E-state index in [1.54, 1.807) is 0 Å². The minimum Gasteiger partial charge on any atom is -0.336 e. The number of benzene rings is 1. The normalized spacial score (nSPS) is 38.9. The maximum absolute atomic E-state index is 12.8. The molecule has 3 fully saturated rings. The molecule has 4 rings (SSSR count). The molecule has 0 aromatic heterocycles. The summed E-state index contributed by atoms with van der Waals surface area (Å²) in [4.78, 5) is 15.0. The molecule has 1 saturated carbocycles. The van der Waals surface area contributed by atoms with Crippen molar-refractivity contribution in [2.24, 2.45) is 11.7 Å². The molecule has 0 spiro atoms. The zero-order valence-electron chi connectivity index (χ0n) is 11.7. The highest BCUT2D eigenvalue weighted by Gasteiger charge is 2.51. The van der Waals surface area contributed by atoms with Gasteiger partial charge in [-0.05, 0) is 43.6 Å². The Balaban J connectivity index is 1.47. The molecule has 4 atom stereocenters. The minimum atomic E-state index is 0.231. The third-order valence-electron chi connectivity index (χ3n) is 5.36. The first-order valence-corrected chi connectivity index (χ1v) is 7.86. The van der Waals surface area contributed by atoms with E-state index in [4.69, 9.17) is 5.73 Å². The SMILES string of the molecule is NC1CC2CCC(C1)N2C(=O)C1CC1c1ccccc1. The number of carbonyl (C=O) groups excluding carboxylic acids is 1. The molecule has 106 valence electrons. The number of piperidine rings is 1. The van der Waals surface area contributed by atoms with Crippen LogP contribution in [0.15, 0.2) is 30.3 Å². The van der Waals surface area contributed by atoms with Gasteiger partial charge >= 0.3 is 0 Å². The summed E-state index contributed by atoms with van der Waals surface area (Å²) in [6, 6.07) is 11.6. The number of hydrogen-bond donors (Lipinski definition) is 1. The average Bonchev–Trinajstić information content (AvgIpc) is 3.20. The van der Waals surface area contributed by atoms with E-state index in [2.05, 4.69) is 29.2 Å². The van der Waals surface area contributed by atoms with E-state index in [9.17, 15) is 4.79 Å². The summed E-state index contributed by atoms with van der Waals surface area (Å²) in [6.07, 6.45) is 5.36. The minimum absolute atomic E-state index is 0.231. The van der Waals surface area contributed by atoms with E-state index < -0.39 is 0 Å². The Morgan fingerprint density at radius 3 is 2.35 bits per heavy atom. The van der Waals surface area contributed by atoms with Crippen LogP contribution in [0.4, 0.5) is 0 Å². The smallest absolute Gasteiger partial charge is 0.226 e. The van der Waals surface area contributed by atoms with Gasteiger partial charge in [-0.25, -0.2) is 0 Å². The lowest BCUT2D eigenvalue weighted by atomic mass is 9.97. The van der Waals surface area contributed by atoms with E-state index in [0.717, 1.165) is 32.1 Å². The number of hydrogen-bond acceptors (Lipinski definition) is 2. The Bertz CT molecular complexity index is 501. The fourth-order valence-corrected chi connectivity index (χ4v) is 4.31. The number of amides is 1. The molecule has 3 heteroatoms. The van der Waals surface area contributed by atoms with E-state index in [1.807, 2.05) is 6.07 Å². The maximum Gasteiger partial charge on any atom is 0.226 e. The lowest BCUT2D eigenvalue weighted by molar-refractivity contribution is -0.137. The fourth-order valence-electron chi connectivity index (χ4n) is 4.31. The second kappa shape index (κ2) is 4.59. The zero-order valence-corrected chi connectivity index (χ0v) is 11.7. The Kier molecular flexibility index (Phi) is 2.84. The summed E-state index contributed by atoms with van der Waals surface area (Å²) in [6.45, 7) is 0. The van der Waals surface area contributed by atoms with E-state index in [0.29, 0.717) is 30.0 Å². The highest BCUT2D eigenvalue weighted by atomic mass is 16.2. The van der Waals surface area contributed by atoms with Crippen molar-refractivity contribution in [3.05, 3.63) is 35.9 Å². The van der Waals surface area contributed by atoms with Crippen molar-refractivity contribution < 1.29 is 4.79 Å². The predicted molar refractivity (Wildman–Crippen MR) is 78.2 cm³/mol. The van der Waals surface area contributed by atoms with Crippen LogP contribution in [0.1, 0.15) is 43.6 Å². The van der Waals surface area contributed by atoms with Gasteiger partial charge in [0.05, 0.1) is 0 Å². The van der Waals surface area contributed by atoms with E-state index >= 15 is 0 Å². The Labute approximate surface area is 120 Å². The average molecular weight is 270 g/mol. The fraction of sp³-hybridized carbons (Fsp3) is 0.588. The second-order valence-corrected chi connectivity index (χ2v) is 6.72. The number of nitrogens with two attached hydrogens (primary N) is 1. The van der Waals surface area contributed by atoms with Crippen LogP contribution < -0.4 is 5.73 Å². The van der Waals surface area contributed by atoms with Crippen molar-refractivity contribution in [3.8, 4) is 0 Å². The molecular weight excluding hydrogens is 248 g/mol. The molecular formula is C17H22N2O. The third kappa shape index (κ3) is 1.96. The van der Waals surface area contributed by atoms with Gasteiger partial charge in [-0.1, -0.05) is 30.3 Å². The van der Waals surface area contributed by atoms with Gasteiger partial charge in [-0.2, -0.15) is 0 Å². The number of rotatable bonds is 2. The summed E-state index contributed by atoms with van der Waals surface area (Å²) in [5.74, 6) is 1.09. The molecule has 2 aliphatic heterocycles. The molecule has 1 aliphatic carbocycles. The number of carbonyl (C=O) groups is 1. The molecule has 3 aliphatic rings. The van der Waals surface area contributed by atoms with Crippen LogP contribution in [-0.2, 0) is 4.79 Å². The largest absolute Gasteiger partial charge is 0.336 e. The van der Waals surface area contributed by atoms with Crippen LogP contribution in [0.25, 0.3) is 0 Å². The molecule has 3 nitrogen and oxygen atoms in total. The molecule has 20 heavy (non-hydrogen) atoms. The highest BCUT2D eigenvalue weighted by Crippen LogP contribution is 2.50. The van der Waals surface area contributed by atoms with Gasteiger partial charge in [0.25, 0.3) is 0 Å². The quantitative estimate of drug-likeness (QED) is 0.896. The Morgan fingerprint density at radius 2 is 1.70 bits per heavy atom. The first kappa shape index (κ1) is 12.4. The van der Waals surface area contributed by atoms with E-state index in [-0.39, 0.29) is 5.92 Å². The van der Waals surface area contributed by atoms with Gasteiger partial charge in [-0.15, -0.1) is 0 Å². The van der Waals surface area contributed by atoms with Crippen molar-refractivity contribution in [3.63, 3.8) is 0 Å². The number of nitrogens with zero attached hydrogens (tertiary/aromatic N) is 1. The summed E-state index contributed by atoms with van der Waals surface area (Å²) >= 11 is 0. The first-order valence-electron chi connectivity index (χ1n) is 7.86. The van der Waals surface area contributed by atoms with Gasteiger partial charge < -0.3 is 10.6 Å². The van der Waals surface area contributed by atoms with Gasteiger partial charge in [0.1, 0.15) is 0 Å². The lowest BCUT2D eigenvalue weighted by Crippen LogP contribution is -2.50. The van der Waals surface area contributed by atoms with Crippen LogP contribution in [-0.4, -0.2) is 28.9 Å². The molecule has 2 N–H and O–H groups in total. The summed E-state index contributed by atoms with van der Waals surface area (Å²) in [7, 11) is 0. The van der Waals surface area contributed by atoms with Crippen molar-refractivity contribution in [2.45, 2.75) is 56.1 Å². The standard InChI is InChI=1S/C17H22N2O/c18-12-8-13-6-7-14(9-12)19(13)17(20)16-10-15(16)11-4-2-1-3-5-11/h1-5,12-16H,6-10,18H2. The molecule has 1 aromatic rings. The maximum atomic E-state index is 12.8. The molecule has 2 saturated heterocycles. The molecule has 1 aromatic carbocycles. The molecule has 2 heterocycles. The van der Waals surface area contributed by atoms with Crippen LogP contribution >= 0.6 is 0 Å². The number of fused-ring (bicyclic) bond motifs is 2. The van der Waals surface area contributed by atoms with Crippen LogP contribution in [0, 0.1) is 5.92 Å². The van der Waals surface area contributed by atoms with E-state index in [1.165, 1.54) is 5.56 Å². The van der Waals surface area contributed by atoms with Crippen molar-refractivity contribution in [1.29, 1.82) is 0 Å². The third-order valence-corrected chi connectivity index (χ3v) is 5.36. The highest BCUT2D eigenvalue weighted by molar-refractivity contribution is 5.84. The van der Waals surface area contributed by atoms with Gasteiger partial charge in [0.15, 0.2) is 0 Å². The van der Waals surface area contributed by atoms with Crippen molar-refractivity contribution in [2.75, 3.05) is 0 Å². The first-order chi connectivity index (χ1) is 9.74. The second-order valence-electron chi connectivity index (χ2n) is 6.72. The van der Waals surface area contributed by atoms with Crippen molar-refractivity contribution in [1.82, 2.24) is 4.90 Å². The Hall–Kier alpha value is -1.35. The Morgan fingerprint density at radius 1 is 1.05 bits per heavy atom. The monoisotopic (exact) mass is 270 g/mol. The summed E-state index contributed by atoms with van der Waals surface area (Å²) < 4.78 is 0. The zero-order chi connectivity index (χ0) is 13.7. The predicted octanol–water partition coefficient (Wildman–Crippen LogP) is 2.27. The van der Waals surface area contributed by atoms with Crippen molar-refractivity contribution >= 4 is 5.91 Å². The molecule has 4 unspecified atom stereocenters. The summed E-state index contributed by atoms with van der Waals surface area (Å²) in [5.41, 5.74) is 7.42. The van der Waals surface area contributed by atoms with Gasteiger partial charge in [0, 0.05) is 24.0 Å². The topological polar surface area (TPSA) is 46.3 Å². The van der Waals surface area contributed by atoms with Crippen LogP contribution in [0.5, 0.6) is 0 Å². The van der Waals surface area contributed by atoms with Gasteiger partial charge in [0.2, 0.25) is 5.91 Å². The molecule has 0 radical (unpaired) electrons. The van der Waals surface area contributed by atoms with Crippen LogP contribution in [0.2, 0.25) is 0 Å².